The number of Topliss-reactive ketones (excluding diaryl/α,β-unsaturated/α-hetero) is 2. The topological polar surface area (TPSA) is 182 Å². The number of amides is 2. The number of primary amides is 2. The van der Waals surface area contributed by atoms with E-state index in [0.29, 0.717) is 0 Å². The Kier molecular flexibility index (Phi) is 16.1. The van der Waals surface area contributed by atoms with Crippen molar-refractivity contribution in [2.45, 2.75) is 21.3 Å². The molecule has 0 saturated carbocycles. The molecule has 0 radical (unpaired) electrons. The van der Waals surface area contributed by atoms with Crippen molar-refractivity contribution in [2.75, 3.05) is 17.7 Å². The highest BCUT2D eigenvalue weighted by atomic mass is 79.9. The summed E-state index contributed by atoms with van der Waals surface area (Å²) >= 11 is 2.83. The maximum absolute atomic E-state index is 10.5. The van der Waals surface area contributed by atoms with Crippen LogP contribution in [0.5, 0.6) is 0 Å². The van der Waals surface area contributed by atoms with E-state index in [-0.39, 0.29) is 36.9 Å². The average Bonchev–Trinajstić information content (AvgIpc) is 2.85. The molecule has 0 aromatic carbocycles. The van der Waals surface area contributed by atoms with Crippen LogP contribution in [0.2, 0.25) is 0 Å². The van der Waals surface area contributed by atoms with E-state index in [4.69, 9.17) is 10.5 Å². The first-order valence-corrected chi connectivity index (χ1v) is 6.80. The summed E-state index contributed by atoms with van der Waals surface area (Å²) in [4.78, 5) is 43.8. The summed E-state index contributed by atoms with van der Waals surface area (Å²) in [6, 6.07) is -0.805. The largest absolute Gasteiger partial charge is 0.460 e. The Morgan fingerprint density at radius 2 is 1.78 bits per heavy atom. The quantitative estimate of drug-likeness (QED) is 0.286. The van der Waals surface area contributed by atoms with Gasteiger partial charge in [0.05, 0.1) is 11.9 Å². The van der Waals surface area contributed by atoms with Crippen molar-refractivity contribution >= 4 is 45.5 Å². The Hall–Kier alpha value is -2.43. The number of nitrogen functional groups attached to an aromatic ring is 1. The van der Waals surface area contributed by atoms with Crippen LogP contribution in [-0.2, 0) is 14.3 Å². The number of halogens is 1. The van der Waals surface area contributed by atoms with Gasteiger partial charge in [0, 0.05) is 6.92 Å². The molecule has 1 rings (SSSR count). The second-order valence-corrected chi connectivity index (χ2v) is 3.87. The molecule has 23 heavy (non-hydrogen) atoms. The van der Waals surface area contributed by atoms with Gasteiger partial charge in [-0.25, -0.2) is 9.59 Å². The lowest BCUT2D eigenvalue weighted by Crippen LogP contribution is -2.18. The number of ether oxygens (including phenoxy) is 1. The maximum Gasteiger partial charge on any atom is 0.375 e. The normalized spacial score (nSPS) is 8.13. The van der Waals surface area contributed by atoms with Gasteiger partial charge in [-0.2, -0.15) is 4.98 Å². The zero-order valence-electron chi connectivity index (χ0n) is 12.0. The zero-order chi connectivity index (χ0) is 17.7. The molecule has 0 atom stereocenters. The minimum absolute atomic E-state index is 0. The van der Waals surface area contributed by atoms with Crippen LogP contribution in [0.25, 0.3) is 0 Å². The number of hydrogen-bond acceptors (Lipinski definition) is 8. The molecule has 0 fully saturated rings. The number of nitrogens with zero attached hydrogens (tertiary/aromatic N) is 1. The first kappa shape index (κ1) is 25.5. The molecule has 1 aromatic heterocycles. The fourth-order valence-corrected chi connectivity index (χ4v) is 0.944. The third-order valence-electron chi connectivity index (χ3n) is 1.51. The van der Waals surface area contributed by atoms with E-state index in [0.717, 1.165) is 0 Å². The van der Waals surface area contributed by atoms with E-state index < -0.39 is 17.8 Å². The summed E-state index contributed by atoms with van der Waals surface area (Å²) in [7, 11) is 0. The van der Waals surface area contributed by atoms with Gasteiger partial charge in [-0.3, -0.25) is 9.59 Å². The highest BCUT2D eigenvalue weighted by molar-refractivity contribution is 9.09. The van der Waals surface area contributed by atoms with E-state index in [9.17, 15) is 14.4 Å². The summed E-state index contributed by atoms with van der Waals surface area (Å²) in [5, 5.41) is 0.0336. The Morgan fingerprint density at radius 3 is 2.00 bits per heavy atom. The molecule has 10 nitrogen and oxygen atoms in total. The lowest BCUT2D eigenvalue weighted by atomic mass is 10.4. The zero-order valence-corrected chi connectivity index (χ0v) is 13.6. The van der Waals surface area contributed by atoms with Crippen LogP contribution in [0.4, 0.5) is 10.8 Å². The number of urea groups is 1. The number of rotatable bonds is 4. The second-order valence-electron chi connectivity index (χ2n) is 3.31. The smallest absolute Gasteiger partial charge is 0.375 e. The van der Waals surface area contributed by atoms with Crippen LogP contribution in [0.3, 0.4) is 0 Å². The number of ketones is 2. The number of anilines is 1. The minimum atomic E-state index is -0.833. The molecule has 0 aliphatic heterocycles. The number of alkyl halides is 1. The van der Waals surface area contributed by atoms with Gasteiger partial charge in [0.25, 0.3) is 6.01 Å². The molecule has 1 heterocycles. The van der Waals surface area contributed by atoms with E-state index in [1.807, 2.05) is 0 Å². The van der Waals surface area contributed by atoms with Crippen molar-refractivity contribution in [3.05, 3.63) is 12.0 Å². The lowest BCUT2D eigenvalue weighted by Gasteiger charge is -1.95. The molecule has 1 aromatic rings. The molecule has 0 spiro atoms. The van der Waals surface area contributed by atoms with Crippen molar-refractivity contribution in [3.8, 4) is 0 Å². The second kappa shape index (κ2) is 14.5. The highest BCUT2D eigenvalue weighted by Crippen LogP contribution is 2.02. The Bertz CT molecular complexity index is 513. The molecule has 132 valence electrons. The molecule has 2 amide bonds. The number of carbonyl (C=O) groups is 4. The fraction of sp³-hybridized carbons (Fsp3) is 0.417. The lowest BCUT2D eigenvalue weighted by molar-refractivity contribution is -0.152. The van der Waals surface area contributed by atoms with Crippen molar-refractivity contribution in [1.29, 1.82) is 0 Å². The van der Waals surface area contributed by atoms with E-state index in [1.54, 1.807) is 6.92 Å². The van der Waals surface area contributed by atoms with Crippen LogP contribution in [-0.4, -0.2) is 40.5 Å². The molecule has 6 N–H and O–H groups in total. The van der Waals surface area contributed by atoms with Crippen molar-refractivity contribution in [1.82, 2.24) is 4.98 Å². The fourth-order valence-electron chi connectivity index (χ4n) is 0.715. The Morgan fingerprint density at radius 1 is 1.30 bits per heavy atom. The SMILES string of the molecule is C.CC(=O)c1coc(N)n1.CCOC(=O)C(=O)CBr.NC(N)=O. The van der Waals surface area contributed by atoms with Gasteiger partial charge < -0.3 is 26.4 Å². The summed E-state index contributed by atoms with van der Waals surface area (Å²) in [6.07, 6.45) is 1.23. The number of carbonyl (C=O) groups excluding carboxylic acids is 4. The predicted molar refractivity (Wildman–Crippen MR) is 86.9 cm³/mol. The van der Waals surface area contributed by atoms with Gasteiger partial charge in [0.1, 0.15) is 12.0 Å². The maximum atomic E-state index is 10.5. The first-order valence-electron chi connectivity index (χ1n) is 5.68. The third kappa shape index (κ3) is 15.8. The molecular formula is C12H21BrN4O6. The van der Waals surface area contributed by atoms with E-state index >= 15 is 0 Å². The van der Waals surface area contributed by atoms with Crippen molar-refractivity contribution in [3.63, 3.8) is 0 Å². The van der Waals surface area contributed by atoms with E-state index in [2.05, 4.69) is 41.5 Å². The van der Waals surface area contributed by atoms with Gasteiger partial charge >= 0.3 is 12.0 Å². The number of oxazole rings is 1. The molecular weight excluding hydrogens is 376 g/mol. The molecule has 11 heteroatoms. The van der Waals surface area contributed by atoms with Crippen molar-refractivity contribution in [2.24, 2.45) is 11.5 Å². The standard InChI is InChI=1S/C5H7BrO3.C5H6N2O2.CH4N2O.CH4/c1-2-9-5(8)4(7)3-6;1-3(8)4-2-9-5(6)7-4;2-1(3)4;/h2-3H2,1H3;2H,1H3,(H2,6,7);(H4,2,3,4);1H4. The molecule has 0 bridgehead atoms. The van der Waals surface area contributed by atoms with Gasteiger partial charge in [-0.15, -0.1) is 0 Å². The van der Waals surface area contributed by atoms with Crippen LogP contribution < -0.4 is 17.2 Å². The number of aromatic nitrogens is 1. The molecule has 0 unspecified atom stereocenters. The number of hydrogen-bond donors (Lipinski definition) is 3. The Balaban J connectivity index is -0.000000274. The van der Waals surface area contributed by atoms with Crippen LogP contribution >= 0.6 is 15.9 Å². The van der Waals surface area contributed by atoms with Gasteiger partial charge in [0.15, 0.2) is 5.78 Å². The Labute approximate surface area is 141 Å². The number of esters is 1. The summed E-state index contributed by atoms with van der Waals surface area (Å²) < 4.78 is 8.95. The predicted octanol–water partition coefficient (Wildman–Crippen LogP) is 0.633. The minimum Gasteiger partial charge on any atom is -0.460 e. The summed E-state index contributed by atoms with van der Waals surface area (Å²) in [5.41, 5.74) is 13.9. The van der Waals surface area contributed by atoms with Gasteiger partial charge in [0.2, 0.25) is 5.78 Å². The van der Waals surface area contributed by atoms with E-state index in [1.165, 1.54) is 13.2 Å². The monoisotopic (exact) mass is 396 g/mol. The van der Waals surface area contributed by atoms with Crippen molar-refractivity contribution < 1.29 is 28.3 Å². The highest BCUT2D eigenvalue weighted by Gasteiger charge is 2.11. The van der Waals surface area contributed by atoms with Gasteiger partial charge in [-0.1, -0.05) is 23.4 Å². The number of nitrogens with two attached hydrogens (primary N) is 3. The van der Waals surface area contributed by atoms with Crippen LogP contribution in [0.15, 0.2) is 10.7 Å². The molecule has 0 saturated heterocycles. The van der Waals surface area contributed by atoms with Gasteiger partial charge in [-0.05, 0) is 6.92 Å². The van der Waals surface area contributed by atoms with Crippen LogP contribution in [0.1, 0.15) is 31.8 Å². The van der Waals surface area contributed by atoms with Crippen LogP contribution in [0, 0.1) is 0 Å². The molecule has 0 aliphatic rings. The molecule has 0 aliphatic carbocycles. The summed E-state index contributed by atoms with van der Waals surface area (Å²) in [5.74, 6) is -1.46. The summed E-state index contributed by atoms with van der Waals surface area (Å²) in [6.45, 7) is 3.30. The first-order chi connectivity index (χ1) is 10.1. The third-order valence-corrected chi connectivity index (χ3v) is 2.02. The average molecular weight is 397 g/mol.